The van der Waals surface area contributed by atoms with E-state index in [4.69, 9.17) is 4.74 Å². The molecular formula is C21H32N2O3. The SMILES string of the molecule is COc1ccc(CCNC(=O)C(NC(=O)C2CCCCC2)C(C)C)cc1. The maximum atomic E-state index is 12.5. The Morgan fingerprint density at radius 3 is 2.35 bits per heavy atom. The summed E-state index contributed by atoms with van der Waals surface area (Å²) in [5.74, 6) is 0.884. The maximum absolute atomic E-state index is 12.5. The highest BCUT2D eigenvalue weighted by Gasteiger charge is 2.28. The van der Waals surface area contributed by atoms with E-state index < -0.39 is 6.04 Å². The van der Waals surface area contributed by atoms with Gasteiger partial charge in [-0.2, -0.15) is 0 Å². The van der Waals surface area contributed by atoms with E-state index in [0.29, 0.717) is 6.54 Å². The number of methoxy groups -OCH3 is 1. The minimum Gasteiger partial charge on any atom is -0.497 e. The topological polar surface area (TPSA) is 67.4 Å². The molecule has 2 rings (SSSR count). The Balaban J connectivity index is 1.81. The molecule has 1 fully saturated rings. The van der Waals surface area contributed by atoms with E-state index in [0.717, 1.165) is 43.4 Å². The van der Waals surface area contributed by atoms with Crippen molar-refractivity contribution in [3.63, 3.8) is 0 Å². The first-order valence-electron chi connectivity index (χ1n) is 9.72. The van der Waals surface area contributed by atoms with Crippen LogP contribution in [0, 0.1) is 11.8 Å². The minimum atomic E-state index is -0.472. The van der Waals surface area contributed by atoms with Gasteiger partial charge in [-0.15, -0.1) is 0 Å². The number of nitrogens with one attached hydrogen (secondary N) is 2. The average molecular weight is 360 g/mol. The molecule has 144 valence electrons. The van der Waals surface area contributed by atoms with Crippen LogP contribution in [0.3, 0.4) is 0 Å². The summed E-state index contributed by atoms with van der Waals surface area (Å²) in [6.45, 7) is 4.48. The highest BCUT2D eigenvalue weighted by molar-refractivity contribution is 5.88. The lowest BCUT2D eigenvalue weighted by atomic mass is 9.88. The first-order valence-corrected chi connectivity index (χ1v) is 9.72. The molecule has 0 aromatic heterocycles. The summed E-state index contributed by atoms with van der Waals surface area (Å²) in [5, 5.41) is 5.95. The zero-order valence-electron chi connectivity index (χ0n) is 16.2. The molecule has 0 bridgehead atoms. The molecule has 5 nitrogen and oxygen atoms in total. The van der Waals surface area contributed by atoms with Gasteiger partial charge in [-0.05, 0) is 42.9 Å². The summed E-state index contributed by atoms with van der Waals surface area (Å²) in [4.78, 5) is 25.0. The first kappa shape index (κ1) is 20.3. The van der Waals surface area contributed by atoms with Gasteiger partial charge in [0.05, 0.1) is 7.11 Å². The second kappa shape index (κ2) is 10.2. The molecule has 1 atom stereocenters. The fraction of sp³-hybridized carbons (Fsp3) is 0.619. The van der Waals surface area contributed by atoms with Crippen molar-refractivity contribution in [3.05, 3.63) is 29.8 Å². The van der Waals surface area contributed by atoms with Gasteiger partial charge >= 0.3 is 0 Å². The van der Waals surface area contributed by atoms with Crippen LogP contribution in [0.5, 0.6) is 5.75 Å². The van der Waals surface area contributed by atoms with Crippen LogP contribution < -0.4 is 15.4 Å². The Morgan fingerprint density at radius 2 is 1.77 bits per heavy atom. The van der Waals surface area contributed by atoms with Gasteiger partial charge in [-0.25, -0.2) is 0 Å². The van der Waals surface area contributed by atoms with Gasteiger partial charge in [0.25, 0.3) is 0 Å². The molecule has 1 aliphatic carbocycles. The fourth-order valence-electron chi connectivity index (χ4n) is 3.40. The molecule has 0 aliphatic heterocycles. The van der Waals surface area contributed by atoms with E-state index in [1.54, 1.807) is 7.11 Å². The van der Waals surface area contributed by atoms with Crippen LogP contribution in [0.4, 0.5) is 0 Å². The van der Waals surface area contributed by atoms with Crippen LogP contribution >= 0.6 is 0 Å². The average Bonchev–Trinajstić information content (AvgIpc) is 2.66. The summed E-state index contributed by atoms with van der Waals surface area (Å²) in [6.07, 6.45) is 6.06. The van der Waals surface area contributed by atoms with Crippen molar-refractivity contribution in [1.82, 2.24) is 10.6 Å². The lowest BCUT2D eigenvalue weighted by Crippen LogP contribution is -2.51. The highest BCUT2D eigenvalue weighted by atomic mass is 16.5. The summed E-state index contributed by atoms with van der Waals surface area (Å²) in [7, 11) is 1.64. The summed E-state index contributed by atoms with van der Waals surface area (Å²) in [6, 6.07) is 7.35. The zero-order chi connectivity index (χ0) is 18.9. The Bertz CT molecular complexity index is 577. The molecule has 5 heteroatoms. The molecule has 26 heavy (non-hydrogen) atoms. The third-order valence-electron chi connectivity index (χ3n) is 5.09. The van der Waals surface area contributed by atoms with Crippen LogP contribution in [-0.2, 0) is 16.0 Å². The molecule has 0 heterocycles. The molecule has 0 spiro atoms. The van der Waals surface area contributed by atoms with Crippen molar-refractivity contribution < 1.29 is 14.3 Å². The van der Waals surface area contributed by atoms with Gasteiger partial charge in [0.15, 0.2) is 0 Å². The molecule has 1 aliphatic rings. The van der Waals surface area contributed by atoms with Gasteiger partial charge in [0.1, 0.15) is 11.8 Å². The molecule has 2 amide bonds. The van der Waals surface area contributed by atoms with E-state index in [1.165, 1.54) is 6.42 Å². The van der Waals surface area contributed by atoms with Crippen molar-refractivity contribution >= 4 is 11.8 Å². The lowest BCUT2D eigenvalue weighted by molar-refractivity contribution is -0.132. The van der Waals surface area contributed by atoms with Crippen LogP contribution in [0.2, 0.25) is 0 Å². The number of carbonyl (C=O) groups excluding carboxylic acids is 2. The second-order valence-electron chi connectivity index (χ2n) is 7.45. The smallest absolute Gasteiger partial charge is 0.242 e. The van der Waals surface area contributed by atoms with Crippen molar-refractivity contribution in [3.8, 4) is 5.75 Å². The quantitative estimate of drug-likeness (QED) is 0.749. The monoisotopic (exact) mass is 360 g/mol. The normalized spacial score (nSPS) is 16.2. The number of hydrogen-bond donors (Lipinski definition) is 2. The highest BCUT2D eigenvalue weighted by Crippen LogP contribution is 2.24. The Hall–Kier alpha value is -2.04. The fourth-order valence-corrected chi connectivity index (χ4v) is 3.40. The third kappa shape index (κ3) is 6.04. The van der Waals surface area contributed by atoms with E-state index in [1.807, 2.05) is 38.1 Å². The molecule has 1 unspecified atom stereocenters. The van der Waals surface area contributed by atoms with E-state index in [2.05, 4.69) is 10.6 Å². The summed E-state index contributed by atoms with van der Waals surface area (Å²) in [5.41, 5.74) is 1.14. The van der Waals surface area contributed by atoms with E-state index >= 15 is 0 Å². The van der Waals surface area contributed by atoms with Crippen molar-refractivity contribution in [2.45, 2.75) is 58.4 Å². The summed E-state index contributed by atoms with van der Waals surface area (Å²) >= 11 is 0. The van der Waals surface area contributed by atoms with Gasteiger partial charge in [0, 0.05) is 12.5 Å². The standard InChI is InChI=1S/C21H32N2O3/c1-15(2)19(23-20(24)17-7-5-4-6-8-17)21(25)22-14-13-16-9-11-18(26-3)12-10-16/h9-12,15,17,19H,4-8,13-14H2,1-3H3,(H,22,25)(H,23,24). The number of hydrogen-bond acceptors (Lipinski definition) is 3. The van der Waals surface area contributed by atoms with Crippen LogP contribution in [-0.4, -0.2) is 31.5 Å². The molecule has 1 aromatic carbocycles. The molecule has 1 saturated carbocycles. The molecule has 0 radical (unpaired) electrons. The molecule has 1 aromatic rings. The minimum absolute atomic E-state index is 0.0358. The largest absolute Gasteiger partial charge is 0.497 e. The van der Waals surface area contributed by atoms with Crippen molar-refractivity contribution in [2.75, 3.05) is 13.7 Å². The molecule has 0 saturated heterocycles. The van der Waals surface area contributed by atoms with Crippen LogP contribution in [0.15, 0.2) is 24.3 Å². The number of benzene rings is 1. The molecule has 2 N–H and O–H groups in total. The second-order valence-corrected chi connectivity index (χ2v) is 7.45. The van der Waals surface area contributed by atoms with Gasteiger partial charge < -0.3 is 15.4 Å². The van der Waals surface area contributed by atoms with Crippen molar-refractivity contribution in [2.24, 2.45) is 11.8 Å². The third-order valence-corrected chi connectivity index (χ3v) is 5.09. The number of carbonyl (C=O) groups is 2. The van der Waals surface area contributed by atoms with E-state index in [9.17, 15) is 9.59 Å². The maximum Gasteiger partial charge on any atom is 0.242 e. The van der Waals surface area contributed by atoms with Crippen molar-refractivity contribution in [1.29, 1.82) is 0 Å². The Kier molecular flexibility index (Phi) is 7.95. The molecular weight excluding hydrogens is 328 g/mol. The predicted octanol–water partition coefficient (Wildman–Crippen LogP) is 3.08. The number of rotatable bonds is 8. The number of amides is 2. The summed E-state index contributed by atoms with van der Waals surface area (Å²) < 4.78 is 5.15. The number of ether oxygens (including phenoxy) is 1. The van der Waals surface area contributed by atoms with Gasteiger partial charge in [-0.1, -0.05) is 45.2 Å². The van der Waals surface area contributed by atoms with Crippen LogP contribution in [0.1, 0.15) is 51.5 Å². The van der Waals surface area contributed by atoms with Crippen LogP contribution in [0.25, 0.3) is 0 Å². The van der Waals surface area contributed by atoms with Gasteiger partial charge in [-0.3, -0.25) is 9.59 Å². The Labute approximate surface area is 156 Å². The predicted molar refractivity (Wildman–Crippen MR) is 103 cm³/mol. The van der Waals surface area contributed by atoms with E-state index in [-0.39, 0.29) is 23.7 Å². The lowest BCUT2D eigenvalue weighted by Gasteiger charge is -2.26. The zero-order valence-corrected chi connectivity index (χ0v) is 16.2. The van der Waals surface area contributed by atoms with Gasteiger partial charge in [0.2, 0.25) is 11.8 Å². The Morgan fingerprint density at radius 1 is 1.12 bits per heavy atom. The first-order chi connectivity index (χ1) is 12.5.